The Hall–Kier alpha value is -1.31. The van der Waals surface area contributed by atoms with Crippen LogP contribution in [-0.4, -0.2) is 39.7 Å². The van der Waals surface area contributed by atoms with Crippen LogP contribution < -0.4 is 0 Å². The minimum Gasteiger partial charge on any atom is -0.368 e. The van der Waals surface area contributed by atoms with Crippen LogP contribution in [0.1, 0.15) is 60.2 Å². The Kier molecular flexibility index (Phi) is 3.71. The molecule has 2 atom stereocenters. The largest absolute Gasteiger partial charge is 0.368 e. The fraction of sp³-hybridized carbons (Fsp3) is 0.667. The molecule has 4 rings (SSSR count). The summed E-state index contributed by atoms with van der Waals surface area (Å²) in [5.74, 6) is 2.13. The molecule has 0 bridgehead atoms. The van der Waals surface area contributed by atoms with E-state index in [9.17, 15) is 0 Å². The van der Waals surface area contributed by atoms with Crippen LogP contribution in [0.3, 0.4) is 0 Å². The van der Waals surface area contributed by atoms with Crippen molar-refractivity contribution in [2.45, 2.75) is 44.8 Å². The first kappa shape index (κ1) is 14.3. The summed E-state index contributed by atoms with van der Waals surface area (Å²) in [7, 11) is 0. The van der Waals surface area contributed by atoms with Gasteiger partial charge in [0.1, 0.15) is 11.1 Å². The van der Waals surface area contributed by atoms with Gasteiger partial charge in [0.05, 0.1) is 12.6 Å². The van der Waals surface area contributed by atoms with Crippen molar-refractivity contribution in [2.24, 2.45) is 0 Å². The van der Waals surface area contributed by atoms with Gasteiger partial charge in [-0.05, 0) is 26.7 Å². The predicted octanol–water partition coefficient (Wildman–Crippen LogP) is 2.85. The molecule has 3 heterocycles. The lowest BCUT2D eigenvalue weighted by atomic mass is 10.2. The monoisotopic (exact) mass is 320 g/mol. The molecule has 1 aliphatic heterocycles. The first-order chi connectivity index (χ1) is 10.7. The molecule has 0 spiro atoms. The lowest BCUT2D eigenvalue weighted by Crippen LogP contribution is -2.40. The Morgan fingerprint density at radius 3 is 2.95 bits per heavy atom. The van der Waals surface area contributed by atoms with E-state index in [1.807, 2.05) is 6.92 Å². The Labute approximate surface area is 133 Å². The standard InChI is InChI=1S/C15H20N4O2S/c1-9-8-22-15(16-9)12-7-19(5-6-20-12)10(2)14-17-13(18-21-14)11-3-4-11/h8,10-12H,3-7H2,1-2H3/t10-,12+/m1/s1. The smallest absolute Gasteiger partial charge is 0.243 e. The Balaban J connectivity index is 1.46. The van der Waals surface area contributed by atoms with Crippen LogP contribution >= 0.6 is 11.3 Å². The van der Waals surface area contributed by atoms with Crippen molar-refractivity contribution in [1.82, 2.24) is 20.0 Å². The number of rotatable bonds is 4. The zero-order valence-electron chi connectivity index (χ0n) is 12.9. The second-order valence-corrected chi connectivity index (χ2v) is 7.01. The van der Waals surface area contributed by atoms with Crippen molar-refractivity contribution in [3.8, 4) is 0 Å². The number of aryl methyl sites for hydroxylation is 1. The molecule has 2 aromatic heterocycles. The van der Waals surface area contributed by atoms with Crippen LogP contribution in [0.15, 0.2) is 9.90 Å². The van der Waals surface area contributed by atoms with E-state index in [4.69, 9.17) is 9.26 Å². The van der Waals surface area contributed by atoms with Gasteiger partial charge < -0.3 is 9.26 Å². The van der Waals surface area contributed by atoms with Crippen LogP contribution in [0.25, 0.3) is 0 Å². The van der Waals surface area contributed by atoms with Crippen molar-refractivity contribution in [1.29, 1.82) is 0 Å². The molecule has 1 aliphatic carbocycles. The summed E-state index contributed by atoms with van der Waals surface area (Å²) in [5.41, 5.74) is 1.06. The summed E-state index contributed by atoms with van der Waals surface area (Å²) in [4.78, 5) is 11.5. The van der Waals surface area contributed by atoms with E-state index in [1.165, 1.54) is 12.8 Å². The normalized spacial score (nSPS) is 24.5. The van der Waals surface area contributed by atoms with Crippen molar-refractivity contribution in [3.05, 3.63) is 27.8 Å². The van der Waals surface area contributed by atoms with E-state index in [1.54, 1.807) is 11.3 Å². The average molecular weight is 320 g/mol. The molecule has 1 saturated heterocycles. The highest BCUT2D eigenvalue weighted by Crippen LogP contribution is 2.39. The summed E-state index contributed by atoms with van der Waals surface area (Å²) < 4.78 is 11.4. The second kappa shape index (κ2) is 5.72. The maximum absolute atomic E-state index is 5.89. The summed E-state index contributed by atoms with van der Waals surface area (Å²) in [5, 5.41) is 7.24. The fourth-order valence-electron chi connectivity index (χ4n) is 2.77. The van der Waals surface area contributed by atoms with Crippen molar-refractivity contribution in [2.75, 3.05) is 19.7 Å². The molecule has 0 aromatic carbocycles. The van der Waals surface area contributed by atoms with E-state index in [2.05, 4.69) is 32.3 Å². The molecule has 2 fully saturated rings. The maximum Gasteiger partial charge on any atom is 0.243 e. The number of aromatic nitrogens is 3. The minimum atomic E-state index is 0.0423. The minimum absolute atomic E-state index is 0.0423. The molecule has 6 nitrogen and oxygen atoms in total. The quantitative estimate of drug-likeness (QED) is 0.863. The molecular weight excluding hydrogens is 300 g/mol. The third kappa shape index (κ3) is 2.80. The zero-order valence-corrected chi connectivity index (χ0v) is 13.7. The Morgan fingerprint density at radius 2 is 2.23 bits per heavy atom. The summed E-state index contributed by atoms with van der Waals surface area (Å²) in [6, 6.07) is 0.118. The first-order valence-electron chi connectivity index (χ1n) is 7.82. The van der Waals surface area contributed by atoms with E-state index >= 15 is 0 Å². The predicted molar refractivity (Wildman–Crippen MR) is 81.8 cm³/mol. The molecule has 0 N–H and O–H groups in total. The van der Waals surface area contributed by atoms with E-state index < -0.39 is 0 Å². The number of morpholine rings is 1. The van der Waals surface area contributed by atoms with Crippen LogP contribution in [0.5, 0.6) is 0 Å². The molecule has 2 aromatic rings. The molecular formula is C15H20N4O2S. The lowest BCUT2D eigenvalue weighted by Gasteiger charge is -2.34. The van der Waals surface area contributed by atoms with Gasteiger partial charge in [0, 0.05) is 30.1 Å². The lowest BCUT2D eigenvalue weighted by molar-refractivity contribution is -0.0470. The van der Waals surface area contributed by atoms with Crippen LogP contribution in [0.2, 0.25) is 0 Å². The van der Waals surface area contributed by atoms with Gasteiger partial charge in [0.2, 0.25) is 5.89 Å². The average Bonchev–Trinajstić information content (AvgIpc) is 3.10. The highest BCUT2D eigenvalue weighted by atomic mass is 32.1. The summed E-state index contributed by atoms with van der Waals surface area (Å²) >= 11 is 1.67. The number of nitrogens with zero attached hydrogens (tertiary/aromatic N) is 4. The van der Waals surface area contributed by atoms with Crippen molar-refractivity contribution >= 4 is 11.3 Å². The van der Waals surface area contributed by atoms with Gasteiger partial charge in [-0.2, -0.15) is 4.98 Å². The third-order valence-electron chi connectivity index (χ3n) is 4.32. The molecule has 0 radical (unpaired) electrons. The topological polar surface area (TPSA) is 64.3 Å². The highest BCUT2D eigenvalue weighted by Gasteiger charge is 2.33. The van der Waals surface area contributed by atoms with Crippen LogP contribution in [-0.2, 0) is 4.74 Å². The molecule has 118 valence electrons. The molecule has 0 unspecified atom stereocenters. The second-order valence-electron chi connectivity index (χ2n) is 6.12. The summed E-state index contributed by atoms with van der Waals surface area (Å²) in [6.45, 7) is 6.54. The first-order valence-corrected chi connectivity index (χ1v) is 8.70. The van der Waals surface area contributed by atoms with Gasteiger partial charge in [-0.15, -0.1) is 11.3 Å². The number of ether oxygens (including phenoxy) is 1. The van der Waals surface area contributed by atoms with Gasteiger partial charge in [-0.3, -0.25) is 4.90 Å². The van der Waals surface area contributed by atoms with E-state index in [0.717, 1.165) is 35.5 Å². The number of hydrogen-bond donors (Lipinski definition) is 0. The molecule has 7 heteroatoms. The molecule has 2 aliphatic rings. The van der Waals surface area contributed by atoms with Gasteiger partial charge >= 0.3 is 0 Å². The molecule has 1 saturated carbocycles. The van der Waals surface area contributed by atoms with Gasteiger partial charge in [-0.1, -0.05) is 5.16 Å². The Morgan fingerprint density at radius 1 is 1.36 bits per heavy atom. The molecule has 22 heavy (non-hydrogen) atoms. The van der Waals surface area contributed by atoms with E-state index in [0.29, 0.717) is 12.5 Å². The van der Waals surface area contributed by atoms with Gasteiger partial charge in [-0.25, -0.2) is 4.98 Å². The van der Waals surface area contributed by atoms with Gasteiger partial charge in [0.25, 0.3) is 0 Å². The molecule has 0 amide bonds. The van der Waals surface area contributed by atoms with Crippen molar-refractivity contribution in [3.63, 3.8) is 0 Å². The Bertz CT molecular complexity index is 652. The SMILES string of the molecule is Cc1csc([C@@H]2CN([C@H](C)c3nc(C4CC4)no3)CCO2)n1. The third-order valence-corrected chi connectivity index (χ3v) is 5.37. The maximum atomic E-state index is 5.89. The van der Waals surface area contributed by atoms with Crippen molar-refractivity contribution < 1.29 is 9.26 Å². The van der Waals surface area contributed by atoms with Crippen LogP contribution in [0.4, 0.5) is 0 Å². The highest BCUT2D eigenvalue weighted by molar-refractivity contribution is 7.09. The zero-order chi connectivity index (χ0) is 15.1. The van der Waals surface area contributed by atoms with Crippen LogP contribution in [0, 0.1) is 6.92 Å². The summed E-state index contributed by atoms with van der Waals surface area (Å²) in [6.07, 6.45) is 2.42. The number of thiazole rings is 1. The van der Waals surface area contributed by atoms with E-state index in [-0.39, 0.29) is 12.1 Å². The fourth-order valence-corrected chi connectivity index (χ4v) is 3.61. The van der Waals surface area contributed by atoms with Gasteiger partial charge in [0.15, 0.2) is 5.82 Å². The number of hydrogen-bond acceptors (Lipinski definition) is 7.